The molecule has 0 unspecified atom stereocenters. The zero-order chi connectivity index (χ0) is 13.8. The van der Waals surface area contributed by atoms with Crippen LogP contribution in [-0.4, -0.2) is 14.8 Å². The van der Waals surface area contributed by atoms with Crippen LogP contribution in [0.15, 0.2) is 18.3 Å². The highest BCUT2D eigenvalue weighted by Gasteiger charge is 1.98. The van der Waals surface area contributed by atoms with Crippen LogP contribution in [-0.2, 0) is 0 Å². The fraction of sp³-hybridized carbons (Fsp3) is 0.571. The second-order valence-corrected chi connectivity index (χ2v) is 2.67. The molecule has 0 aliphatic heterocycles. The van der Waals surface area contributed by atoms with Crippen molar-refractivity contribution < 1.29 is 0 Å². The van der Waals surface area contributed by atoms with E-state index in [-0.39, 0.29) is 0 Å². The molecule has 0 amide bonds. The zero-order valence-corrected chi connectivity index (χ0v) is 12.6. The van der Waals surface area contributed by atoms with Gasteiger partial charge < -0.3 is 0 Å². The topological polar surface area (TPSA) is 30.2 Å². The summed E-state index contributed by atoms with van der Waals surface area (Å²) in [5.41, 5.74) is 3.30. The average molecular weight is 237 g/mol. The monoisotopic (exact) mass is 237 g/mol. The van der Waals surface area contributed by atoms with Gasteiger partial charge in [0.1, 0.15) is 0 Å². The van der Waals surface area contributed by atoms with Gasteiger partial charge in [0.2, 0.25) is 0 Å². The lowest BCUT2D eigenvalue weighted by Gasteiger charge is -1.97. The Morgan fingerprint density at radius 1 is 0.941 bits per heavy atom. The van der Waals surface area contributed by atoms with Gasteiger partial charge in [0.05, 0.1) is 17.4 Å². The van der Waals surface area contributed by atoms with Gasteiger partial charge in [-0.2, -0.15) is 14.8 Å². The van der Waals surface area contributed by atoms with Gasteiger partial charge in [-0.1, -0.05) is 41.5 Å². The molecule has 0 bridgehead atoms. The Morgan fingerprint density at radius 2 is 1.47 bits per heavy atom. The molecule has 2 aromatic rings. The number of aromatic nitrogens is 3. The summed E-state index contributed by atoms with van der Waals surface area (Å²) >= 11 is 0. The van der Waals surface area contributed by atoms with Gasteiger partial charge in [0.25, 0.3) is 0 Å². The molecule has 0 radical (unpaired) electrons. The second kappa shape index (κ2) is 11.1. The summed E-state index contributed by atoms with van der Waals surface area (Å²) in [6.45, 7) is 16.0. The molecule has 0 saturated heterocycles. The third-order valence-corrected chi connectivity index (χ3v) is 1.71. The summed E-state index contributed by atoms with van der Waals surface area (Å²) in [7, 11) is 0. The van der Waals surface area contributed by atoms with E-state index in [1.165, 1.54) is 5.56 Å². The molecule has 98 valence electrons. The maximum absolute atomic E-state index is 4.20. The van der Waals surface area contributed by atoms with Crippen LogP contribution in [0.2, 0.25) is 0 Å². The molecule has 0 N–H and O–H groups in total. The highest BCUT2D eigenvalue weighted by atomic mass is 15.4. The molecule has 3 heteroatoms. The van der Waals surface area contributed by atoms with E-state index in [0.717, 1.165) is 11.2 Å². The van der Waals surface area contributed by atoms with E-state index in [1.54, 1.807) is 10.8 Å². The Balaban J connectivity index is 0. The lowest BCUT2D eigenvalue weighted by Crippen LogP contribution is -1.97. The standard InChI is InChI=1S/C8H9N3.3C2H6/c1-6-5-7(2)10-11-8(6)3-4-9-11;3*1-2/h3-5H,1-2H3;3*1-2H3. The highest BCUT2D eigenvalue weighted by molar-refractivity contribution is 5.51. The third kappa shape index (κ3) is 5.48. The zero-order valence-electron chi connectivity index (χ0n) is 12.6. The first-order valence-corrected chi connectivity index (χ1v) is 6.55. The molecule has 0 spiro atoms. The third-order valence-electron chi connectivity index (χ3n) is 1.71. The Kier molecular flexibility index (Phi) is 11.8. The van der Waals surface area contributed by atoms with E-state index in [9.17, 15) is 0 Å². The number of hydrogen-bond acceptors (Lipinski definition) is 2. The number of nitrogens with zero attached hydrogens (tertiary/aromatic N) is 3. The van der Waals surface area contributed by atoms with Crippen molar-refractivity contribution in [3.05, 3.63) is 29.6 Å². The summed E-state index contributed by atoms with van der Waals surface area (Å²) < 4.78 is 1.66. The molecular formula is C14H27N3. The lowest BCUT2D eigenvalue weighted by atomic mass is 10.2. The van der Waals surface area contributed by atoms with Gasteiger partial charge in [-0.15, -0.1) is 0 Å². The summed E-state index contributed by atoms with van der Waals surface area (Å²) in [5.74, 6) is 0. The van der Waals surface area contributed by atoms with Crippen LogP contribution in [0.25, 0.3) is 5.52 Å². The first-order chi connectivity index (χ1) is 8.27. The van der Waals surface area contributed by atoms with Gasteiger partial charge in [0.15, 0.2) is 0 Å². The van der Waals surface area contributed by atoms with Crippen LogP contribution in [0.3, 0.4) is 0 Å². The van der Waals surface area contributed by atoms with E-state index in [0.29, 0.717) is 0 Å². The molecule has 0 saturated carbocycles. The fourth-order valence-electron chi connectivity index (χ4n) is 1.23. The van der Waals surface area contributed by atoms with Crippen LogP contribution in [0.5, 0.6) is 0 Å². The van der Waals surface area contributed by atoms with E-state index >= 15 is 0 Å². The van der Waals surface area contributed by atoms with Crippen molar-refractivity contribution in [2.24, 2.45) is 0 Å². The summed E-state index contributed by atoms with van der Waals surface area (Å²) in [6, 6.07) is 4.01. The van der Waals surface area contributed by atoms with Crippen molar-refractivity contribution in [1.82, 2.24) is 14.8 Å². The van der Waals surface area contributed by atoms with Crippen LogP contribution in [0, 0.1) is 13.8 Å². The smallest absolute Gasteiger partial charge is 0.0902 e. The summed E-state index contributed by atoms with van der Waals surface area (Å²) in [6.07, 6.45) is 1.76. The maximum atomic E-state index is 4.20. The maximum Gasteiger partial charge on any atom is 0.0902 e. The molecule has 0 aliphatic carbocycles. The molecular weight excluding hydrogens is 210 g/mol. The predicted octanol–water partition coefficient (Wildman–Crippen LogP) is 4.42. The Labute approximate surface area is 106 Å². The van der Waals surface area contributed by atoms with Crippen molar-refractivity contribution in [3.8, 4) is 0 Å². The number of rotatable bonds is 0. The quantitative estimate of drug-likeness (QED) is 0.678. The van der Waals surface area contributed by atoms with Crippen molar-refractivity contribution >= 4 is 5.52 Å². The lowest BCUT2D eigenvalue weighted by molar-refractivity contribution is 0.777. The fourth-order valence-corrected chi connectivity index (χ4v) is 1.23. The molecule has 0 fully saturated rings. The summed E-state index contributed by atoms with van der Waals surface area (Å²) in [4.78, 5) is 0. The van der Waals surface area contributed by atoms with E-state index in [4.69, 9.17) is 0 Å². The number of aryl methyl sites for hydroxylation is 2. The highest BCUT2D eigenvalue weighted by Crippen LogP contribution is 2.07. The molecule has 17 heavy (non-hydrogen) atoms. The SMILES string of the molecule is CC.CC.CC.Cc1cc(C)c2ccnn2n1. The van der Waals surface area contributed by atoms with Crippen LogP contribution < -0.4 is 0 Å². The predicted molar refractivity (Wildman–Crippen MR) is 76.5 cm³/mol. The first kappa shape index (κ1) is 18.0. The molecule has 3 nitrogen and oxygen atoms in total. The first-order valence-electron chi connectivity index (χ1n) is 6.55. The molecule has 2 heterocycles. The summed E-state index contributed by atoms with van der Waals surface area (Å²) in [5, 5.41) is 8.25. The molecule has 2 rings (SSSR count). The second-order valence-electron chi connectivity index (χ2n) is 2.67. The minimum Gasteiger partial charge on any atom is -0.158 e. The van der Waals surface area contributed by atoms with Gasteiger partial charge >= 0.3 is 0 Å². The van der Waals surface area contributed by atoms with Crippen molar-refractivity contribution in [1.29, 1.82) is 0 Å². The van der Waals surface area contributed by atoms with Gasteiger partial charge in [-0.25, -0.2) is 0 Å². The van der Waals surface area contributed by atoms with E-state index in [2.05, 4.69) is 23.2 Å². The van der Waals surface area contributed by atoms with Crippen LogP contribution >= 0.6 is 0 Å². The minimum atomic E-state index is 0.999. The Hall–Kier alpha value is -1.38. The minimum absolute atomic E-state index is 0.999. The van der Waals surface area contributed by atoms with E-state index in [1.807, 2.05) is 54.5 Å². The number of hydrogen-bond donors (Lipinski definition) is 0. The Morgan fingerprint density at radius 3 is 2.00 bits per heavy atom. The molecule has 2 aromatic heterocycles. The van der Waals surface area contributed by atoms with Crippen molar-refractivity contribution in [2.75, 3.05) is 0 Å². The molecule has 0 atom stereocenters. The van der Waals surface area contributed by atoms with E-state index < -0.39 is 0 Å². The van der Waals surface area contributed by atoms with Gasteiger partial charge in [0, 0.05) is 0 Å². The average Bonchev–Trinajstić information content (AvgIpc) is 2.85. The van der Waals surface area contributed by atoms with Crippen molar-refractivity contribution in [3.63, 3.8) is 0 Å². The largest absolute Gasteiger partial charge is 0.158 e. The number of fused-ring (bicyclic) bond motifs is 1. The normalized spacial score (nSPS) is 8.00. The van der Waals surface area contributed by atoms with Crippen LogP contribution in [0.1, 0.15) is 52.8 Å². The molecule has 0 aliphatic rings. The van der Waals surface area contributed by atoms with Crippen molar-refractivity contribution in [2.45, 2.75) is 55.4 Å². The van der Waals surface area contributed by atoms with Crippen LogP contribution in [0.4, 0.5) is 0 Å². The Bertz CT molecular complexity index is 391. The van der Waals surface area contributed by atoms with Gasteiger partial charge in [-0.05, 0) is 31.5 Å². The molecule has 0 aromatic carbocycles. The van der Waals surface area contributed by atoms with Gasteiger partial charge in [-0.3, -0.25) is 0 Å².